The summed E-state index contributed by atoms with van der Waals surface area (Å²) >= 11 is 0. The fourth-order valence-corrected chi connectivity index (χ4v) is 0.739. The van der Waals surface area contributed by atoms with Crippen LogP contribution in [0.2, 0.25) is 0 Å². The van der Waals surface area contributed by atoms with Gasteiger partial charge in [-0.3, -0.25) is 0 Å². The van der Waals surface area contributed by atoms with Crippen molar-refractivity contribution in [3.63, 3.8) is 0 Å². The standard InChI is InChI=1S/C8H11N/c1-2-3-4-8-5-6-9-7-8/h2-3,5-7,9H,4H2,1H3. The van der Waals surface area contributed by atoms with Crippen molar-refractivity contribution in [1.82, 2.24) is 4.98 Å². The van der Waals surface area contributed by atoms with Crippen LogP contribution < -0.4 is 0 Å². The van der Waals surface area contributed by atoms with Crippen LogP contribution in [0.1, 0.15) is 12.5 Å². The van der Waals surface area contributed by atoms with Crippen molar-refractivity contribution in [2.75, 3.05) is 0 Å². The van der Waals surface area contributed by atoms with Crippen molar-refractivity contribution in [2.45, 2.75) is 13.3 Å². The van der Waals surface area contributed by atoms with Crippen molar-refractivity contribution < 1.29 is 0 Å². The molecule has 48 valence electrons. The van der Waals surface area contributed by atoms with E-state index in [0.717, 1.165) is 6.42 Å². The fourth-order valence-electron chi connectivity index (χ4n) is 0.739. The molecule has 0 aliphatic rings. The molecule has 1 nitrogen and oxygen atoms in total. The van der Waals surface area contributed by atoms with Gasteiger partial charge in [0.25, 0.3) is 0 Å². The zero-order valence-corrected chi connectivity index (χ0v) is 5.59. The predicted molar refractivity (Wildman–Crippen MR) is 39.3 cm³/mol. The topological polar surface area (TPSA) is 15.8 Å². The molecule has 0 aliphatic heterocycles. The molecule has 0 unspecified atom stereocenters. The first-order chi connectivity index (χ1) is 4.43. The van der Waals surface area contributed by atoms with Gasteiger partial charge in [-0.1, -0.05) is 12.2 Å². The Morgan fingerprint density at radius 3 is 3.11 bits per heavy atom. The summed E-state index contributed by atoms with van der Waals surface area (Å²) in [4.78, 5) is 3.00. The molecule has 1 aromatic heterocycles. The summed E-state index contributed by atoms with van der Waals surface area (Å²) in [6.07, 6.45) is 9.20. The molecule has 1 N–H and O–H groups in total. The van der Waals surface area contributed by atoms with Crippen molar-refractivity contribution >= 4 is 0 Å². The largest absolute Gasteiger partial charge is 0.367 e. The van der Waals surface area contributed by atoms with Crippen molar-refractivity contribution in [1.29, 1.82) is 0 Å². The third kappa shape index (κ3) is 1.76. The Labute approximate surface area is 55.4 Å². The number of rotatable bonds is 2. The molecule has 0 saturated carbocycles. The zero-order chi connectivity index (χ0) is 6.53. The SMILES string of the molecule is CC=CCc1cc[nH]c1. The maximum absolute atomic E-state index is 3.00. The minimum Gasteiger partial charge on any atom is -0.367 e. The van der Waals surface area contributed by atoms with Gasteiger partial charge in [-0.25, -0.2) is 0 Å². The monoisotopic (exact) mass is 121 g/mol. The van der Waals surface area contributed by atoms with E-state index in [1.165, 1.54) is 5.56 Å². The highest BCUT2D eigenvalue weighted by atomic mass is 14.6. The Morgan fingerprint density at radius 1 is 1.67 bits per heavy atom. The molecule has 0 bridgehead atoms. The molecule has 1 heterocycles. The summed E-state index contributed by atoms with van der Waals surface area (Å²) in [5, 5.41) is 0. The van der Waals surface area contributed by atoms with Crippen molar-refractivity contribution in [2.24, 2.45) is 0 Å². The molecule has 1 heteroatoms. The van der Waals surface area contributed by atoms with Crippen LogP contribution in [-0.4, -0.2) is 4.98 Å². The van der Waals surface area contributed by atoms with Crippen molar-refractivity contribution in [3.05, 3.63) is 36.2 Å². The van der Waals surface area contributed by atoms with Crippen LogP contribution in [0.25, 0.3) is 0 Å². The minimum atomic E-state index is 1.04. The maximum atomic E-state index is 3.00. The van der Waals surface area contributed by atoms with E-state index in [9.17, 15) is 0 Å². The first kappa shape index (κ1) is 6.14. The molecule has 0 atom stereocenters. The average Bonchev–Trinajstić information content (AvgIpc) is 2.34. The van der Waals surface area contributed by atoms with Gasteiger partial charge in [0.1, 0.15) is 0 Å². The van der Waals surface area contributed by atoms with E-state index in [-0.39, 0.29) is 0 Å². The number of aromatic amines is 1. The normalized spacial score (nSPS) is 10.8. The molecule has 0 aromatic carbocycles. The number of aromatic nitrogens is 1. The predicted octanol–water partition coefficient (Wildman–Crippen LogP) is 2.13. The Morgan fingerprint density at radius 2 is 2.56 bits per heavy atom. The van der Waals surface area contributed by atoms with Crippen LogP contribution in [0.3, 0.4) is 0 Å². The molecular formula is C8H11N. The number of allylic oxidation sites excluding steroid dienone is 2. The average molecular weight is 121 g/mol. The molecule has 0 amide bonds. The lowest BCUT2D eigenvalue weighted by Crippen LogP contribution is -1.71. The number of H-pyrrole nitrogens is 1. The lowest BCUT2D eigenvalue weighted by molar-refractivity contribution is 1.26. The summed E-state index contributed by atoms with van der Waals surface area (Å²) in [6.45, 7) is 2.03. The van der Waals surface area contributed by atoms with E-state index >= 15 is 0 Å². The first-order valence-electron chi connectivity index (χ1n) is 3.16. The highest BCUT2D eigenvalue weighted by Crippen LogP contribution is 1.97. The van der Waals surface area contributed by atoms with Gasteiger partial charge in [0, 0.05) is 12.4 Å². The molecule has 1 rings (SSSR count). The van der Waals surface area contributed by atoms with Gasteiger partial charge in [-0.05, 0) is 25.0 Å². The van der Waals surface area contributed by atoms with Gasteiger partial charge in [0.2, 0.25) is 0 Å². The minimum absolute atomic E-state index is 1.04. The molecule has 9 heavy (non-hydrogen) atoms. The quantitative estimate of drug-likeness (QED) is 0.577. The highest BCUT2D eigenvalue weighted by molar-refractivity contribution is 5.11. The van der Waals surface area contributed by atoms with Gasteiger partial charge in [0.15, 0.2) is 0 Å². The summed E-state index contributed by atoms with van der Waals surface area (Å²) in [7, 11) is 0. The molecule has 0 fully saturated rings. The van der Waals surface area contributed by atoms with Crippen LogP contribution in [0, 0.1) is 0 Å². The Bertz CT molecular complexity index is 172. The fraction of sp³-hybridized carbons (Fsp3) is 0.250. The summed E-state index contributed by atoms with van der Waals surface area (Å²) in [6, 6.07) is 2.08. The molecule has 0 radical (unpaired) electrons. The second-order valence-electron chi connectivity index (χ2n) is 1.99. The molecule has 1 aromatic rings. The van der Waals surface area contributed by atoms with Gasteiger partial charge in [0.05, 0.1) is 0 Å². The Hall–Kier alpha value is -0.980. The number of hydrogen-bond acceptors (Lipinski definition) is 0. The molecular weight excluding hydrogens is 110 g/mol. The van der Waals surface area contributed by atoms with Crippen LogP contribution in [0.5, 0.6) is 0 Å². The zero-order valence-electron chi connectivity index (χ0n) is 5.59. The highest BCUT2D eigenvalue weighted by Gasteiger charge is 1.84. The van der Waals surface area contributed by atoms with E-state index in [4.69, 9.17) is 0 Å². The van der Waals surface area contributed by atoms with Crippen LogP contribution in [-0.2, 0) is 6.42 Å². The Kier molecular flexibility index (Phi) is 2.13. The van der Waals surface area contributed by atoms with Crippen LogP contribution in [0.4, 0.5) is 0 Å². The maximum Gasteiger partial charge on any atom is 0.00405 e. The van der Waals surface area contributed by atoms with E-state index < -0.39 is 0 Å². The lowest BCUT2D eigenvalue weighted by Gasteiger charge is -1.83. The van der Waals surface area contributed by atoms with Gasteiger partial charge < -0.3 is 4.98 Å². The van der Waals surface area contributed by atoms with Crippen LogP contribution >= 0.6 is 0 Å². The number of nitrogens with one attached hydrogen (secondary N) is 1. The molecule has 0 saturated heterocycles. The lowest BCUT2D eigenvalue weighted by atomic mass is 10.2. The third-order valence-corrected chi connectivity index (χ3v) is 1.25. The molecule has 0 spiro atoms. The summed E-state index contributed by atoms with van der Waals surface area (Å²) in [5.41, 5.74) is 1.34. The van der Waals surface area contributed by atoms with E-state index in [0.29, 0.717) is 0 Å². The van der Waals surface area contributed by atoms with Gasteiger partial charge >= 0.3 is 0 Å². The second kappa shape index (κ2) is 3.13. The first-order valence-corrected chi connectivity index (χ1v) is 3.16. The van der Waals surface area contributed by atoms with E-state index in [1.807, 2.05) is 19.3 Å². The van der Waals surface area contributed by atoms with Gasteiger partial charge in [-0.15, -0.1) is 0 Å². The molecule has 0 aliphatic carbocycles. The number of hydrogen-bond donors (Lipinski definition) is 1. The van der Waals surface area contributed by atoms with Gasteiger partial charge in [-0.2, -0.15) is 0 Å². The second-order valence-corrected chi connectivity index (χ2v) is 1.99. The van der Waals surface area contributed by atoms with Crippen LogP contribution in [0.15, 0.2) is 30.6 Å². The smallest absolute Gasteiger partial charge is 0.00405 e. The summed E-state index contributed by atoms with van der Waals surface area (Å²) < 4.78 is 0. The van der Waals surface area contributed by atoms with E-state index in [1.54, 1.807) is 0 Å². The Balaban J connectivity index is 2.48. The third-order valence-electron chi connectivity index (χ3n) is 1.25. The summed E-state index contributed by atoms with van der Waals surface area (Å²) in [5.74, 6) is 0. The van der Waals surface area contributed by atoms with E-state index in [2.05, 4.69) is 23.2 Å². The van der Waals surface area contributed by atoms with Crippen molar-refractivity contribution in [3.8, 4) is 0 Å².